The highest BCUT2D eigenvalue weighted by molar-refractivity contribution is 8.14. The fourth-order valence-electron chi connectivity index (χ4n) is 1.96. The minimum atomic E-state index is -1.00. The lowest BCUT2D eigenvalue weighted by molar-refractivity contribution is -0.144. The molecule has 6 heteroatoms. The number of benzene rings is 1. The van der Waals surface area contributed by atoms with Crippen LogP contribution in [0.4, 0.5) is 0 Å². The summed E-state index contributed by atoms with van der Waals surface area (Å²) < 4.78 is 0. The van der Waals surface area contributed by atoms with Crippen molar-refractivity contribution in [3.63, 3.8) is 0 Å². The number of likely N-dealkylation sites (N-methyl/N-ethyl adjacent to an activating group) is 1. The fraction of sp³-hybridized carbons (Fsp3) is 0.357. The van der Waals surface area contributed by atoms with E-state index in [0.717, 1.165) is 10.6 Å². The average molecular weight is 292 g/mol. The zero-order chi connectivity index (χ0) is 14.5. The van der Waals surface area contributed by atoms with E-state index in [1.54, 1.807) is 6.92 Å². The summed E-state index contributed by atoms with van der Waals surface area (Å²) in [5, 5.41) is 9.64. The molecule has 1 heterocycles. The highest BCUT2D eigenvalue weighted by atomic mass is 32.2. The first-order valence-electron chi connectivity index (χ1n) is 6.38. The number of nitrogens with zero attached hydrogens (tertiary/aromatic N) is 2. The standard InChI is InChI=1S/C14H16N2O3S/c1-2-16(8-12(17)18)14(19)11-9-20-13(15-11)10-6-4-3-5-7-10/h3-7,11H,2,8-9H2,1H3,(H,17,18). The van der Waals surface area contributed by atoms with Crippen molar-refractivity contribution in [2.75, 3.05) is 18.8 Å². The Balaban J connectivity index is 2.09. The Morgan fingerprint density at radius 3 is 2.70 bits per heavy atom. The Hall–Kier alpha value is -1.82. The normalized spacial score (nSPS) is 17.6. The molecule has 1 N–H and O–H groups in total. The Kier molecular flexibility index (Phi) is 4.79. The monoisotopic (exact) mass is 292 g/mol. The van der Waals surface area contributed by atoms with Crippen molar-refractivity contribution < 1.29 is 14.7 Å². The molecule has 106 valence electrons. The number of carboxylic acid groups (broad SMARTS) is 1. The van der Waals surface area contributed by atoms with Gasteiger partial charge in [-0.05, 0) is 6.92 Å². The van der Waals surface area contributed by atoms with Crippen molar-refractivity contribution in [1.82, 2.24) is 4.90 Å². The maximum Gasteiger partial charge on any atom is 0.323 e. The molecule has 1 aromatic rings. The van der Waals surface area contributed by atoms with Gasteiger partial charge >= 0.3 is 5.97 Å². The molecular formula is C14H16N2O3S. The summed E-state index contributed by atoms with van der Waals surface area (Å²) in [5.74, 6) is -0.648. The summed E-state index contributed by atoms with van der Waals surface area (Å²) in [6.45, 7) is 1.87. The molecule has 20 heavy (non-hydrogen) atoms. The van der Waals surface area contributed by atoms with Gasteiger partial charge in [0.1, 0.15) is 12.6 Å². The van der Waals surface area contributed by atoms with Crippen molar-refractivity contribution in [3.8, 4) is 0 Å². The van der Waals surface area contributed by atoms with Crippen molar-refractivity contribution >= 4 is 28.7 Å². The second kappa shape index (κ2) is 6.56. The van der Waals surface area contributed by atoms with E-state index in [2.05, 4.69) is 4.99 Å². The number of carbonyl (C=O) groups excluding carboxylic acids is 1. The molecule has 0 spiro atoms. The number of thioether (sulfide) groups is 1. The molecule has 1 aromatic carbocycles. The number of rotatable bonds is 5. The minimum absolute atomic E-state index is 0.215. The highest BCUT2D eigenvalue weighted by Crippen LogP contribution is 2.24. The lowest BCUT2D eigenvalue weighted by Gasteiger charge is -2.20. The minimum Gasteiger partial charge on any atom is -0.480 e. The van der Waals surface area contributed by atoms with Crippen LogP contribution in [0.2, 0.25) is 0 Å². The summed E-state index contributed by atoms with van der Waals surface area (Å²) in [6, 6.07) is 9.21. The molecule has 0 saturated carbocycles. The molecular weight excluding hydrogens is 276 g/mol. The van der Waals surface area contributed by atoms with E-state index < -0.39 is 12.0 Å². The quantitative estimate of drug-likeness (QED) is 0.892. The van der Waals surface area contributed by atoms with Gasteiger partial charge in [0, 0.05) is 17.9 Å². The molecule has 0 fully saturated rings. The van der Waals surface area contributed by atoms with Crippen molar-refractivity contribution in [3.05, 3.63) is 35.9 Å². The van der Waals surface area contributed by atoms with E-state index in [1.807, 2.05) is 30.3 Å². The largest absolute Gasteiger partial charge is 0.480 e. The van der Waals surface area contributed by atoms with E-state index >= 15 is 0 Å². The fourth-order valence-corrected chi connectivity index (χ4v) is 3.00. The van der Waals surface area contributed by atoms with Gasteiger partial charge in [-0.2, -0.15) is 0 Å². The summed E-state index contributed by atoms with van der Waals surface area (Å²) >= 11 is 1.53. The molecule has 1 unspecified atom stereocenters. The Labute approximate surface area is 121 Å². The van der Waals surface area contributed by atoms with Gasteiger partial charge in [-0.3, -0.25) is 14.6 Å². The predicted octanol–water partition coefficient (Wildman–Crippen LogP) is 1.48. The van der Waals surface area contributed by atoms with Gasteiger partial charge in [0.25, 0.3) is 0 Å². The highest BCUT2D eigenvalue weighted by Gasteiger charge is 2.29. The molecule has 1 aliphatic rings. The number of carbonyl (C=O) groups is 2. The lowest BCUT2D eigenvalue weighted by atomic mass is 10.2. The molecule has 0 radical (unpaired) electrons. The number of carboxylic acids is 1. The lowest BCUT2D eigenvalue weighted by Crippen LogP contribution is -2.41. The number of hydrogen-bond acceptors (Lipinski definition) is 4. The Bertz CT molecular complexity index is 530. The summed E-state index contributed by atoms with van der Waals surface area (Å²) in [7, 11) is 0. The molecule has 0 bridgehead atoms. The molecule has 0 aromatic heterocycles. The van der Waals surface area contributed by atoms with Crippen LogP contribution in [0.5, 0.6) is 0 Å². The molecule has 1 atom stereocenters. The van der Waals surface area contributed by atoms with Crippen LogP contribution in [0.3, 0.4) is 0 Å². The van der Waals surface area contributed by atoms with E-state index in [9.17, 15) is 9.59 Å². The number of aliphatic imine (C=N–C) groups is 1. The van der Waals surface area contributed by atoms with Crippen LogP contribution in [0.25, 0.3) is 0 Å². The van der Waals surface area contributed by atoms with Crippen molar-refractivity contribution in [2.45, 2.75) is 13.0 Å². The summed E-state index contributed by atoms with van der Waals surface area (Å²) in [6.07, 6.45) is 0. The topological polar surface area (TPSA) is 70.0 Å². The average Bonchev–Trinajstić information content (AvgIpc) is 2.94. The van der Waals surface area contributed by atoms with Crippen molar-refractivity contribution in [2.24, 2.45) is 4.99 Å². The van der Waals surface area contributed by atoms with Gasteiger partial charge in [0.05, 0.1) is 5.04 Å². The van der Waals surface area contributed by atoms with Gasteiger partial charge in [0.15, 0.2) is 0 Å². The maximum absolute atomic E-state index is 12.2. The number of aliphatic carboxylic acids is 1. The summed E-state index contributed by atoms with van der Waals surface area (Å²) in [4.78, 5) is 28.7. The first-order valence-corrected chi connectivity index (χ1v) is 7.37. The van der Waals surface area contributed by atoms with Crippen LogP contribution >= 0.6 is 11.8 Å². The van der Waals surface area contributed by atoms with Gasteiger partial charge in [-0.1, -0.05) is 30.3 Å². The molecule has 1 amide bonds. The van der Waals surface area contributed by atoms with Gasteiger partial charge < -0.3 is 10.0 Å². The Morgan fingerprint density at radius 1 is 1.40 bits per heavy atom. The van der Waals surface area contributed by atoms with Crippen LogP contribution in [0.15, 0.2) is 35.3 Å². The van der Waals surface area contributed by atoms with Gasteiger partial charge in [-0.25, -0.2) is 0 Å². The number of hydrogen-bond donors (Lipinski definition) is 1. The molecule has 0 aliphatic carbocycles. The van der Waals surface area contributed by atoms with Crippen LogP contribution in [-0.2, 0) is 9.59 Å². The maximum atomic E-state index is 12.2. The van der Waals surface area contributed by atoms with Crippen LogP contribution < -0.4 is 0 Å². The second-order valence-electron chi connectivity index (χ2n) is 4.37. The van der Waals surface area contributed by atoms with Crippen LogP contribution in [-0.4, -0.2) is 51.8 Å². The third kappa shape index (κ3) is 3.39. The van der Waals surface area contributed by atoms with Gasteiger partial charge in [-0.15, -0.1) is 11.8 Å². The van der Waals surface area contributed by atoms with Gasteiger partial charge in [0.2, 0.25) is 5.91 Å². The predicted molar refractivity (Wildman–Crippen MR) is 79.1 cm³/mol. The Morgan fingerprint density at radius 2 is 2.10 bits per heavy atom. The first-order chi connectivity index (χ1) is 9.61. The summed E-state index contributed by atoms with van der Waals surface area (Å²) in [5.41, 5.74) is 0.995. The third-order valence-electron chi connectivity index (χ3n) is 2.98. The first kappa shape index (κ1) is 14.6. The van der Waals surface area contributed by atoms with Crippen LogP contribution in [0.1, 0.15) is 12.5 Å². The van der Waals surface area contributed by atoms with E-state index in [1.165, 1.54) is 16.7 Å². The van der Waals surface area contributed by atoms with Crippen LogP contribution in [0, 0.1) is 0 Å². The molecule has 1 aliphatic heterocycles. The smallest absolute Gasteiger partial charge is 0.323 e. The van der Waals surface area contributed by atoms with E-state index in [4.69, 9.17) is 5.11 Å². The molecule has 0 saturated heterocycles. The molecule has 5 nitrogen and oxygen atoms in total. The zero-order valence-electron chi connectivity index (χ0n) is 11.2. The zero-order valence-corrected chi connectivity index (χ0v) is 12.0. The molecule has 2 rings (SSSR count). The third-order valence-corrected chi connectivity index (χ3v) is 4.07. The van der Waals surface area contributed by atoms with E-state index in [0.29, 0.717) is 12.3 Å². The second-order valence-corrected chi connectivity index (χ2v) is 5.38. The van der Waals surface area contributed by atoms with Crippen molar-refractivity contribution in [1.29, 1.82) is 0 Å². The number of amides is 1. The van der Waals surface area contributed by atoms with E-state index in [-0.39, 0.29) is 12.5 Å². The SMILES string of the molecule is CCN(CC(=O)O)C(=O)C1CSC(c2ccccc2)=N1.